The molecule has 2 atom stereocenters. The van der Waals surface area contributed by atoms with Crippen molar-refractivity contribution < 1.29 is 14.2 Å². The second-order valence-corrected chi connectivity index (χ2v) is 3.59. The van der Waals surface area contributed by atoms with E-state index in [1.54, 1.807) is 12.1 Å². The molecule has 1 aromatic rings. The Morgan fingerprint density at radius 2 is 2.21 bits per heavy atom. The molecule has 0 saturated carbocycles. The Kier molecular flexibility index (Phi) is 2.79. The molecule has 2 nitrogen and oxygen atoms in total. The largest absolute Gasteiger partial charge is 0.394 e. The predicted octanol–water partition coefficient (Wildman–Crippen LogP) is 1.69. The molecule has 0 aromatic heterocycles. The quantitative estimate of drug-likeness (QED) is 0.780. The first-order valence-electron chi connectivity index (χ1n) is 4.78. The minimum absolute atomic E-state index is 0.0188. The van der Waals surface area contributed by atoms with E-state index >= 15 is 0 Å². The Labute approximate surface area is 82.3 Å². The fourth-order valence-corrected chi connectivity index (χ4v) is 1.86. The second-order valence-electron chi connectivity index (χ2n) is 3.59. The van der Waals surface area contributed by atoms with Gasteiger partial charge in [0, 0.05) is 5.92 Å². The minimum Gasteiger partial charge on any atom is -0.394 e. The summed E-state index contributed by atoms with van der Waals surface area (Å²) in [4.78, 5) is 0. The van der Waals surface area contributed by atoms with Gasteiger partial charge in [0.15, 0.2) is 0 Å². The summed E-state index contributed by atoms with van der Waals surface area (Å²) in [5.41, 5.74) is 0.698. The van der Waals surface area contributed by atoms with Crippen molar-refractivity contribution in [1.82, 2.24) is 0 Å². The maximum atomic E-state index is 13.4. The van der Waals surface area contributed by atoms with Gasteiger partial charge in [0.25, 0.3) is 0 Å². The van der Waals surface area contributed by atoms with Gasteiger partial charge < -0.3 is 9.84 Å². The van der Waals surface area contributed by atoms with Crippen LogP contribution in [-0.4, -0.2) is 24.4 Å². The molecule has 2 rings (SSSR count). The predicted molar refractivity (Wildman–Crippen MR) is 50.6 cm³/mol. The highest BCUT2D eigenvalue weighted by Gasteiger charge is 2.27. The number of aliphatic hydroxyl groups is 1. The summed E-state index contributed by atoms with van der Waals surface area (Å²) in [5.74, 6) is -0.0898. The molecular weight excluding hydrogens is 183 g/mol. The van der Waals surface area contributed by atoms with Crippen LogP contribution >= 0.6 is 0 Å². The Hall–Kier alpha value is -0.930. The Morgan fingerprint density at radius 3 is 2.86 bits per heavy atom. The Balaban J connectivity index is 2.13. The highest BCUT2D eigenvalue weighted by Crippen LogP contribution is 2.30. The lowest BCUT2D eigenvalue weighted by molar-refractivity contribution is 0.0584. The van der Waals surface area contributed by atoms with Gasteiger partial charge in [-0.1, -0.05) is 18.2 Å². The van der Waals surface area contributed by atoms with Crippen molar-refractivity contribution in [2.45, 2.75) is 18.4 Å². The maximum absolute atomic E-state index is 13.4. The molecule has 0 bridgehead atoms. The van der Waals surface area contributed by atoms with Crippen LogP contribution in [0.25, 0.3) is 0 Å². The number of hydrogen-bond acceptors (Lipinski definition) is 2. The molecule has 2 unspecified atom stereocenters. The molecule has 0 aliphatic carbocycles. The van der Waals surface area contributed by atoms with E-state index in [0.717, 1.165) is 0 Å². The minimum atomic E-state index is -0.181. The summed E-state index contributed by atoms with van der Waals surface area (Å²) >= 11 is 0. The van der Waals surface area contributed by atoms with Crippen molar-refractivity contribution in [2.24, 2.45) is 0 Å². The number of benzene rings is 1. The van der Waals surface area contributed by atoms with Gasteiger partial charge in [0.1, 0.15) is 5.82 Å². The van der Waals surface area contributed by atoms with Gasteiger partial charge in [-0.2, -0.15) is 0 Å². The molecule has 1 aliphatic heterocycles. The third kappa shape index (κ3) is 1.79. The van der Waals surface area contributed by atoms with E-state index in [1.807, 2.05) is 6.07 Å². The first kappa shape index (κ1) is 9.62. The highest BCUT2D eigenvalue weighted by molar-refractivity contribution is 5.22. The molecule has 1 heterocycles. The zero-order valence-electron chi connectivity index (χ0n) is 7.82. The van der Waals surface area contributed by atoms with Gasteiger partial charge in [-0.25, -0.2) is 4.39 Å². The fourth-order valence-electron chi connectivity index (χ4n) is 1.86. The third-order valence-corrected chi connectivity index (χ3v) is 2.63. The van der Waals surface area contributed by atoms with Gasteiger partial charge in [-0.3, -0.25) is 0 Å². The molecule has 14 heavy (non-hydrogen) atoms. The number of rotatable bonds is 2. The first-order chi connectivity index (χ1) is 6.81. The van der Waals surface area contributed by atoms with Gasteiger partial charge in [-0.05, 0) is 18.1 Å². The van der Waals surface area contributed by atoms with E-state index in [2.05, 4.69) is 0 Å². The number of aliphatic hydroxyl groups excluding tert-OH is 1. The van der Waals surface area contributed by atoms with Crippen molar-refractivity contribution in [3.8, 4) is 0 Å². The van der Waals surface area contributed by atoms with Crippen LogP contribution in [0.1, 0.15) is 17.9 Å². The standard InChI is InChI=1S/C11H13FO2/c12-11-4-2-1-3-10(11)8-5-9(6-13)14-7-8/h1-4,8-9,13H,5-7H2. The summed E-state index contributed by atoms with van der Waals surface area (Å²) in [6.07, 6.45) is 0.580. The molecule has 0 spiro atoms. The van der Waals surface area contributed by atoms with E-state index in [-0.39, 0.29) is 24.4 Å². The van der Waals surface area contributed by atoms with Gasteiger partial charge in [0.2, 0.25) is 0 Å². The van der Waals surface area contributed by atoms with Crippen molar-refractivity contribution in [1.29, 1.82) is 0 Å². The van der Waals surface area contributed by atoms with E-state index in [1.165, 1.54) is 6.07 Å². The van der Waals surface area contributed by atoms with Gasteiger partial charge in [0.05, 0.1) is 19.3 Å². The molecule has 1 aliphatic rings. The molecule has 1 fully saturated rings. The monoisotopic (exact) mass is 196 g/mol. The molecule has 0 radical (unpaired) electrons. The second kappa shape index (κ2) is 4.07. The molecule has 1 N–H and O–H groups in total. The molecule has 0 amide bonds. The van der Waals surface area contributed by atoms with E-state index in [9.17, 15) is 4.39 Å². The van der Waals surface area contributed by atoms with Crippen molar-refractivity contribution in [3.05, 3.63) is 35.6 Å². The summed E-state index contributed by atoms with van der Waals surface area (Å²) < 4.78 is 18.7. The van der Waals surface area contributed by atoms with Crippen molar-refractivity contribution >= 4 is 0 Å². The van der Waals surface area contributed by atoms with Crippen LogP contribution in [0.3, 0.4) is 0 Å². The number of halogens is 1. The van der Waals surface area contributed by atoms with E-state index in [0.29, 0.717) is 18.6 Å². The summed E-state index contributed by atoms with van der Waals surface area (Å²) in [6.45, 7) is 0.525. The summed E-state index contributed by atoms with van der Waals surface area (Å²) in [5, 5.41) is 8.88. The molecule has 1 aromatic carbocycles. The van der Waals surface area contributed by atoms with Crippen LogP contribution in [0.5, 0.6) is 0 Å². The van der Waals surface area contributed by atoms with E-state index in [4.69, 9.17) is 9.84 Å². The topological polar surface area (TPSA) is 29.5 Å². The lowest BCUT2D eigenvalue weighted by Crippen LogP contribution is -2.09. The lowest BCUT2D eigenvalue weighted by atomic mass is 9.96. The highest BCUT2D eigenvalue weighted by atomic mass is 19.1. The van der Waals surface area contributed by atoms with Crippen LogP contribution in [0.2, 0.25) is 0 Å². The van der Waals surface area contributed by atoms with Crippen LogP contribution in [-0.2, 0) is 4.74 Å². The molecule has 3 heteroatoms. The molecule has 76 valence electrons. The smallest absolute Gasteiger partial charge is 0.126 e. The maximum Gasteiger partial charge on any atom is 0.126 e. The van der Waals surface area contributed by atoms with Crippen molar-refractivity contribution in [3.63, 3.8) is 0 Å². The average molecular weight is 196 g/mol. The van der Waals surface area contributed by atoms with Gasteiger partial charge >= 0.3 is 0 Å². The summed E-state index contributed by atoms with van der Waals surface area (Å²) in [6, 6.07) is 6.74. The number of ether oxygens (including phenoxy) is 1. The third-order valence-electron chi connectivity index (χ3n) is 2.63. The van der Waals surface area contributed by atoms with Crippen molar-refractivity contribution in [2.75, 3.05) is 13.2 Å². The van der Waals surface area contributed by atoms with E-state index < -0.39 is 0 Å². The van der Waals surface area contributed by atoms with Gasteiger partial charge in [-0.15, -0.1) is 0 Å². The zero-order chi connectivity index (χ0) is 9.97. The fraction of sp³-hybridized carbons (Fsp3) is 0.455. The van der Waals surface area contributed by atoms with Crippen LogP contribution in [0.4, 0.5) is 4.39 Å². The van der Waals surface area contributed by atoms with Crippen LogP contribution in [0, 0.1) is 5.82 Å². The molecular formula is C11H13FO2. The SMILES string of the molecule is OCC1CC(c2ccccc2F)CO1. The normalized spacial score (nSPS) is 26.7. The Bertz CT molecular complexity index is 314. The zero-order valence-corrected chi connectivity index (χ0v) is 7.82. The summed E-state index contributed by atoms with van der Waals surface area (Å²) in [7, 11) is 0. The average Bonchev–Trinajstić information content (AvgIpc) is 2.67. The first-order valence-corrected chi connectivity index (χ1v) is 4.78. The molecule has 1 saturated heterocycles. The lowest BCUT2D eigenvalue weighted by Gasteiger charge is -2.08. The number of hydrogen-bond donors (Lipinski definition) is 1. The van der Waals surface area contributed by atoms with Crippen LogP contribution in [0.15, 0.2) is 24.3 Å². The van der Waals surface area contributed by atoms with Crippen LogP contribution < -0.4 is 0 Å². The Morgan fingerprint density at radius 1 is 1.43 bits per heavy atom.